The van der Waals surface area contributed by atoms with Gasteiger partial charge in [0.15, 0.2) is 5.52 Å². The highest BCUT2D eigenvalue weighted by Gasteiger charge is 2.35. The van der Waals surface area contributed by atoms with Crippen LogP contribution in [-0.2, 0) is 6.54 Å². The van der Waals surface area contributed by atoms with E-state index in [9.17, 15) is 0 Å². The Morgan fingerprint density at radius 2 is 1.72 bits per heavy atom. The monoisotopic (exact) mass is 323 g/mol. The van der Waals surface area contributed by atoms with Gasteiger partial charge in [-0.25, -0.2) is 9.13 Å². The molecular weight excluding hydrogens is 308 g/mol. The molecule has 4 heteroatoms. The normalized spacial score (nSPS) is 12.6. The Kier molecular flexibility index (Phi) is 2.37. The maximum Gasteiger partial charge on any atom is 0.293 e. The van der Waals surface area contributed by atoms with Gasteiger partial charge in [-0.1, -0.05) is 36.4 Å². The molecule has 4 nitrogen and oxygen atoms in total. The summed E-state index contributed by atoms with van der Waals surface area (Å²) in [5, 5.41) is 4.60. The second-order valence-corrected chi connectivity index (χ2v) is 6.45. The molecule has 25 heavy (non-hydrogen) atoms. The Morgan fingerprint density at radius 1 is 0.880 bits per heavy atom. The van der Waals surface area contributed by atoms with Crippen molar-refractivity contribution in [3.63, 3.8) is 0 Å². The van der Waals surface area contributed by atoms with Crippen LogP contribution in [0.15, 0.2) is 79.0 Å². The molecule has 0 spiro atoms. The van der Waals surface area contributed by atoms with E-state index in [0.29, 0.717) is 0 Å². The van der Waals surface area contributed by atoms with Gasteiger partial charge in [0, 0.05) is 11.6 Å². The van der Waals surface area contributed by atoms with E-state index in [1.165, 1.54) is 28.2 Å². The summed E-state index contributed by atoms with van der Waals surface area (Å²) >= 11 is 0. The molecule has 0 saturated carbocycles. The molecule has 2 aromatic carbocycles. The van der Waals surface area contributed by atoms with E-state index < -0.39 is 0 Å². The number of nitrogens with zero attached hydrogens (tertiary/aromatic N) is 4. The summed E-state index contributed by atoms with van der Waals surface area (Å²) in [5.74, 6) is 1.23. The first-order chi connectivity index (χ1) is 12.4. The maximum absolute atomic E-state index is 4.60. The third-order valence-electron chi connectivity index (χ3n) is 5.06. The van der Waals surface area contributed by atoms with E-state index in [0.717, 1.165) is 17.7 Å². The summed E-state index contributed by atoms with van der Waals surface area (Å²) < 4.78 is 6.78. The van der Waals surface area contributed by atoms with Crippen LogP contribution in [0.1, 0.15) is 5.56 Å². The number of aromatic nitrogens is 4. The minimum absolute atomic E-state index is 0.879. The summed E-state index contributed by atoms with van der Waals surface area (Å²) in [5.41, 5.74) is 7.28. The van der Waals surface area contributed by atoms with Crippen molar-refractivity contribution in [3.8, 4) is 17.1 Å². The van der Waals surface area contributed by atoms with E-state index in [4.69, 9.17) is 0 Å². The second kappa shape index (κ2) is 4.57. The lowest BCUT2D eigenvalue weighted by molar-refractivity contribution is -0.648. The van der Waals surface area contributed by atoms with Crippen molar-refractivity contribution in [1.82, 2.24) is 14.2 Å². The summed E-state index contributed by atoms with van der Waals surface area (Å²) in [6, 6.07) is 25.5. The lowest BCUT2D eigenvalue weighted by Crippen LogP contribution is -2.32. The smallest absolute Gasteiger partial charge is 0.222 e. The van der Waals surface area contributed by atoms with Gasteiger partial charge >= 0.3 is 0 Å². The molecule has 0 amide bonds. The van der Waals surface area contributed by atoms with Crippen LogP contribution in [0.5, 0.6) is 0 Å². The Labute approximate surface area is 144 Å². The topological polar surface area (TPSA) is 26.1 Å². The van der Waals surface area contributed by atoms with Crippen molar-refractivity contribution in [2.24, 2.45) is 0 Å². The lowest BCUT2D eigenvalue weighted by atomic mass is 10.1. The van der Waals surface area contributed by atoms with E-state index in [1.807, 2.05) is 16.8 Å². The SMILES string of the molecule is c1ccc(-n2c3[n+](c4c2cc2cccnn24)Cc2ccccc2-3)cc1. The first-order valence-corrected chi connectivity index (χ1v) is 8.46. The molecule has 0 radical (unpaired) electrons. The average molecular weight is 323 g/mol. The van der Waals surface area contributed by atoms with Crippen molar-refractivity contribution in [2.75, 3.05) is 0 Å². The molecule has 4 heterocycles. The fourth-order valence-electron chi connectivity index (χ4n) is 4.04. The molecule has 0 saturated heterocycles. The number of fused-ring (bicyclic) bond motifs is 7. The predicted octanol–water partition coefficient (Wildman–Crippen LogP) is 3.59. The molecule has 3 aromatic heterocycles. The third-order valence-corrected chi connectivity index (χ3v) is 5.06. The van der Waals surface area contributed by atoms with Crippen LogP contribution < -0.4 is 4.57 Å². The summed E-state index contributed by atoms with van der Waals surface area (Å²) in [6.07, 6.45) is 1.85. The predicted molar refractivity (Wildman–Crippen MR) is 96.8 cm³/mol. The molecule has 1 aliphatic heterocycles. The molecule has 0 fully saturated rings. The first-order valence-electron chi connectivity index (χ1n) is 8.46. The van der Waals surface area contributed by atoms with E-state index in [-0.39, 0.29) is 0 Å². The molecule has 5 aromatic rings. The van der Waals surface area contributed by atoms with Gasteiger partial charge in [-0.3, -0.25) is 0 Å². The van der Waals surface area contributed by atoms with E-state index in [2.05, 4.69) is 81.0 Å². The summed E-state index contributed by atoms with van der Waals surface area (Å²) in [7, 11) is 0. The number of para-hydroxylation sites is 1. The molecule has 1 aliphatic rings. The minimum Gasteiger partial charge on any atom is -0.222 e. The van der Waals surface area contributed by atoms with Crippen molar-refractivity contribution in [1.29, 1.82) is 0 Å². The second-order valence-electron chi connectivity index (χ2n) is 6.45. The van der Waals surface area contributed by atoms with Crippen LogP contribution in [0.4, 0.5) is 0 Å². The summed E-state index contributed by atoms with van der Waals surface area (Å²) in [6.45, 7) is 0.879. The Bertz CT molecular complexity index is 1260. The van der Waals surface area contributed by atoms with Crippen LogP contribution >= 0.6 is 0 Å². The highest BCUT2D eigenvalue weighted by atomic mass is 15.3. The zero-order chi connectivity index (χ0) is 16.4. The van der Waals surface area contributed by atoms with E-state index >= 15 is 0 Å². The number of benzene rings is 2. The van der Waals surface area contributed by atoms with Gasteiger partial charge in [0.05, 0.1) is 18.3 Å². The zero-order valence-electron chi connectivity index (χ0n) is 13.5. The Morgan fingerprint density at radius 3 is 2.64 bits per heavy atom. The molecule has 0 bridgehead atoms. The molecule has 0 atom stereocenters. The Hall–Kier alpha value is -3.40. The standard InChI is InChI=1S/C21H15N4/c1-2-8-16(9-3-1)24-19-13-17-10-6-12-22-25(17)21(19)23-14-15-7-4-5-11-18(15)20(23)24/h1-13H,14H2/q+1. The quantitative estimate of drug-likeness (QED) is 0.425. The van der Waals surface area contributed by atoms with Crippen molar-refractivity contribution in [3.05, 3.63) is 84.6 Å². The van der Waals surface area contributed by atoms with Gasteiger partial charge in [0.1, 0.15) is 11.2 Å². The van der Waals surface area contributed by atoms with Crippen LogP contribution in [0.2, 0.25) is 0 Å². The van der Waals surface area contributed by atoms with Crippen molar-refractivity contribution >= 4 is 16.7 Å². The van der Waals surface area contributed by atoms with E-state index in [1.54, 1.807) is 0 Å². The first kappa shape index (κ1) is 13.0. The largest absolute Gasteiger partial charge is 0.293 e. The number of hydrogen-bond acceptors (Lipinski definition) is 1. The van der Waals surface area contributed by atoms with Gasteiger partial charge in [-0.05, 0) is 30.3 Å². The highest BCUT2D eigenvalue weighted by Crippen LogP contribution is 2.34. The molecule has 0 unspecified atom stereocenters. The number of imidazole rings is 1. The van der Waals surface area contributed by atoms with Gasteiger partial charge in [0.2, 0.25) is 5.82 Å². The Balaban J connectivity index is 1.83. The van der Waals surface area contributed by atoms with Gasteiger partial charge < -0.3 is 0 Å². The van der Waals surface area contributed by atoms with Crippen molar-refractivity contribution in [2.45, 2.75) is 6.54 Å². The van der Waals surface area contributed by atoms with Crippen LogP contribution in [-0.4, -0.2) is 14.2 Å². The fourth-order valence-corrected chi connectivity index (χ4v) is 4.04. The third kappa shape index (κ3) is 1.61. The van der Waals surface area contributed by atoms with Gasteiger partial charge in [-0.15, -0.1) is 9.61 Å². The van der Waals surface area contributed by atoms with Crippen LogP contribution in [0.3, 0.4) is 0 Å². The molecule has 0 N–H and O–H groups in total. The maximum atomic E-state index is 4.60. The molecule has 118 valence electrons. The highest BCUT2D eigenvalue weighted by molar-refractivity contribution is 5.84. The molecule has 0 aliphatic carbocycles. The summed E-state index contributed by atoms with van der Waals surface area (Å²) in [4.78, 5) is 0. The number of hydrogen-bond donors (Lipinski definition) is 0. The fraction of sp³-hybridized carbons (Fsp3) is 0.0476. The van der Waals surface area contributed by atoms with Crippen molar-refractivity contribution < 1.29 is 4.57 Å². The zero-order valence-corrected chi connectivity index (χ0v) is 13.5. The van der Waals surface area contributed by atoms with Gasteiger partial charge in [0.25, 0.3) is 5.65 Å². The minimum atomic E-state index is 0.879. The van der Waals surface area contributed by atoms with Crippen LogP contribution in [0, 0.1) is 0 Å². The molecule has 6 rings (SSSR count). The van der Waals surface area contributed by atoms with Crippen LogP contribution in [0.25, 0.3) is 33.8 Å². The number of rotatable bonds is 1. The average Bonchev–Trinajstić information content (AvgIpc) is 3.29. The molecular formula is C21H15N4+. The van der Waals surface area contributed by atoms with Gasteiger partial charge in [-0.2, -0.15) is 0 Å². The lowest BCUT2D eigenvalue weighted by Gasteiger charge is -2.03.